The second kappa shape index (κ2) is 6.88. The Bertz CT molecular complexity index is 624. The van der Waals surface area contributed by atoms with Gasteiger partial charge in [-0.15, -0.1) is 11.3 Å². The van der Waals surface area contributed by atoms with Crippen LogP contribution in [-0.4, -0.2) is 16.0 Å². The molecule has 2 N–H and O–H groups in total. The first-order valence-electron chi connectivity index (χ1n) is 5.58. The predicted octanol–water partition coefficient (Wildman–Crippen LogP) is 2.81. The van der Waals surface area contributed by atoms with Crippen molar-refractivity contribution in [2.24, 2.45) is 0 Å². The van der Waals surface area contributed by atoms with Gasteiger partial charge in [-0.3, -0.25) is 10.1 Å². The lowest BCUT2D eigenvalue weighted by Crippen LogP contribution is -2.32. The number of thiazole rings is 1. The molecule has 102 valence electrons. The minimum Gasteiger partial charge on any atom is -0.308 e. The molecule has 1 aromatic carbocycles. The minimum atomic E-state index is -0.372. The van der Waals surface area contributed by atoms with Crippen LogP contribution in [0.2, 0.25) is 0 Å². The number of nitrogens with zero attached hydrogens (tertiary/aromatic N) is 1. The molecular formula is C13H10FN3OS2. The summed E-state index contributed by atoms with van der Waals surface area (Å²) in [5.74, 6) is -0.691. The second-order valence-corrected chi connectivity index (χ2v) is 4.97. The number of hydrogen-bond donors (Lipinski definition) is 2. The summed E-state index contributed by atoms with van der Waals surface area (Å²) < 4.78 is 12.7. The van der Waals surface area contributed by atoms with E-state index in [-0.39, 0.29) is 16.8 Å². The van der Waals surface area contributed by atoms with Crippen molar-refractivity contribution in [2.75, 3.05) is 5.32 Å². The largest absolute Gasteiger partial charge is 0.308 e. The van der Waals surface area contributed by atoms with Crippen LogP contribution in [-0.2, 0) is 4.79 Å². The topological polar surface area (TPSA) is 54.0 Å². The van der Waals surface area contributed by atoms with Crippen LogP contribution >= 0.6 is 23.6 Å². The highest BCUT2D eigenvalue weighted by molar-refractivity contribution is 7.80. The van der Waals surface area contributed by atoms with E-state index >= 15 is 0 Å². The lowest BCUT2D eigenvalue weighted by Gasteiger charge is -2.04. The van der Waals surface area contributed by atoms with Crippen molar-refractivity contribution in [3.63, 3.8) is 0 Å². The molecule has 0 aliphatic carbocycles. The third-order valence-corrected chi connectivity index (χ3v) is 3.08. The van der Waals surface area contributed by atoms with E-state index in [2.05, 4.69) is 15.6 Å². The summed E-state index contributed by atoms with van der Waals surface area (Å²) in [7, 11) is 0. The van der Waals surface area contributed by atoms with Gasteiger partial charge in [-0.2, -0.15) is 0 Å². The fourth-order valence-electron chi connectivity index (χ4n) is 1.31. The zero-order chi connectivity index (χ0) is 14.4. The van der Waals surface area contributed by atoms with Crippen LogP contribution in [0.25, 0.3) is 6.08 Å². The molecule has 1 amide bonds. The van der Waals surface area contributed by atoms with E-state index < -0.39 is 0 Å². The third kappa shape index (κ3) is 4.52. The predicted molar refractivity (Wildman–Crippen MR) is 81.9 cm³/mol. The van der Waals surface area contributed by atoms with Gasteiger partial charge >= 0.3 is 0 Å². The van der Waals surface area contributed by atoms with Gasteiger partial charge < -0.3 is 5.32 Å². The number of amides is 1. The molecule has 1 aromatic heterocycles. The molecule has 7 heteroatoms. The van der Waals surface area contributed by atoms with Gasteiger partial charge in [0.25, 0.3) is 0 Å². The molecule has 2 rings (SSSR count). The molecule has 0 aliphatic heterocycles. The molecule has 0 atom stereocenters. The zero-order valence-corrected chi connectivity index (χ0v) is 11.8. The van der Waals surface area contributed by atoms with E-state index in [1.165, 1.54) is 29.5 Å². The first-order chi connectivity index (χ1) is 9.63. The van der Waals surface area contributed by atoms with Crippen molar-refractivity contribution in [2.45, 2.75) is 0 Å². The highest BCUT2D eigenvalue weighted by Crippen LogP contribution is 2.09. The van der Waals surface area contributed by atoms with Crippen LogP contribution in [0.15, 0.2) is 41.9 Å². The molecule has 0 saturated heterocycles. The van der Waals surface area contributed by atoms with Crippen LogP contribution < -0.4 is 10.6 Å². The van der Waals surface area contributed by atoms with E-state index in [1.807, 2.05) is 0 Å². The highest BCUT2D eigenvalue weighted by Gasteiger charge is 2.02. The van der Waals surface area contributed by atoms with Gasteiger partial charge in [-0.1, -0.05) is 12.1 Å². The van der Waals surface area contributed by atoms with Gasteiger partial charge in [0, 0.05) is 17.7 Å². The zero-order valence-electron chi connectivity index (χ0n) is 10.2. The molecule has 0 aliphatic rings. The van der Waals surface area contributed by atoms with Gasteiger partial charge in [0.1, 0.15) is 5.82 Å². The first-order valence-corrected chi connectivity index (χ1v) is 6.87. The smallest absolute Gasteiger partial charge is 0.250 e. The SMILES string of the molecule is O=C(C=Cc1ccc(F)cc1)NC(=S)Nc1nccs1. The molecule has 4 nitrogen and oxygen atoms in total. The van der Waals surface area contributed by atoms with Gasteiger partial charge in [0.15, 0.2) is 10.2 Å². The number of rotatable bonds is 3. The molecule has 0 radical (unpaired) electrons. The summed E-state index contributed by atoms with van der Waals surface area (Å²) in [6.45, 7) is 0. The number of hydrogen-bond acceptors (Lipinski definition) is 4. The summed E-state index contributed by atoms with van der Waals surface area (Å²) in [5, 5.41) is 7.85. The van der Waals surface area contributed by atoms with Crippen LogP contribution in [0.1, 0.15) is 5.56 Å². The van der Waals surface area contributed by atoms with E-state index in [0.717, 1.165) is 5.56 Å². The summed E-state index contributed by atoms with van der Waals surface area (Å²) in [5.41, 5.74) is 0.723. The quantitative estimate of drug-likeness (QED) is 0.676. The van der Waals surface area contributed by atoms with E-state index in [0.29, 0.717) is 5.13 Å². The number of anilines is 1. The Morgan fingerprint density at radius 3 is 2.75 bits per heavy atom. The number of thiocarbonyl (C=S) groups is 1. The Kier molecular flexibility index (Phi) is 4.91. The molecule has 0 unspecified atom stereocenters. The monoisotopic (exact) mass is 307 g/mol. The number of carbonyl (C=O) groups excluding carboxylic acids is 1. The second-order valence-electron chi connectivity index (χ2n) is 3.67. The fourth-order valence-corrected chi connectivity index (χ4v) is 2.11. The van der Waals surface area contributed by atoms with E-state index in [9.17, 15) is 9.18 Å². The van der Waals surface area contributed by atoms with Crippen molar-refractivity contribution in [3.8, 4) is 0 Å². The van der Waals surface area contributed by atoms with Crippen LogP contribution in [0.5, 0.6) is 0 Å². The highest BCUT2D eigenvalue weighted by atomic mass is 32.1. The Morgan fingerprint density at radius 1 is 1.35 bits per heavy atom. The standard InChI is InChI=1S/C13H10FN3OS2/c14-10-4-1-9(2-5-10)3-6-11(18)16-12(19)17-13-15-7-8-20-13/h1-8H,(H2,15,16,17,18,19). The van der Waals surface area contributed by atoms with Crippen LogP contribution in [0.4, 0.5) is 9.52 Å². The fraction of sp³-hybridized carbons (Fsp3) is 0. The number of benzene rings is 1. The lowest BCUT2D eigenvalue weighted by atomic mass is 10.2. The maximum absolute atomic E-state index is 12.7. The van der Waals surface area contributed by atoms with Crippen molar-refractivity contribution in [3.05, 3.63) is 53.3 Å². The maximum Gasteiger partial charge on any atom is 0.250 e. The lowest BCUT2D eigenvalue weighted by molar-refractivity contribution is -0.115. The van der Waals surface area contributed by atoms with Gasteiger partial charge in [-0.05, 0) is 36.0 Å². The molecular weight excluding hydrogens is 297 g/mol. The molecule has 0 saturated carbocycles. The van der Waals surface area contributed by atoms with Gasteiger partial charge in [-0.25, -0.2) is 9.37 Å². The van der Waals surface area contributed by atoms with E-state index in [4.69, 9.17) is 12.2 Å². The Morgan fingerprint density at radius 2 is 2.10 bits per heavy atom. The summed E-state index contributed by atoms with van der Waals surface area (Å²) in [4.78, 5) is 15.6. The van der Waals surface area contributed by atoms with Crippen LogP contribution in [0.3, 0.4) is 0 Å². The molecule has 0 fully saturated rings. The Labute approximate surface area is 124 Å². The normalized spacial score (nSPS) is 10.4. The summed E-state index contributed by atoms with van der Waals surface area (Å²) in [6.07, 6.45) is 4.52. The van der Waals surface area contributed by atoms with E-state index in [1.54, 1.807) is 29.8 Å². The average molecular weight is 307 g/mol. The van der Waals surface area contributed by atoms with Gasteiger partial charge in [0.2, 0.25) is 5.91 Å². The van der Waals surface area contributed by atoms with Crippen molar-refractivity contribution in [1.82, 2.24) is 10.3 Å². The van der Waals surface area contributed by atoms with Crippen molar-refractivity contribution < 1.29 is 9.18 Å². The molecule has 0 bridgehead atoms. The minimum absolute atomic E-state index is 0.175. The average Bonchev–Trinajstić information content (AvgIpc) is 2.90. The Hall–Kier alpha value is -2.12. The molecule has 20 heavy (non-hydrogen) atoms. The Balaban J connectivity index is 1.85. The molecule has 0 spiro atoms. The summed E-state index contributed by atoms with van der Waals surface area (Å²) >= 11 is 6.34. The number of aromatic nitrogens is 1. The summed E-state index contributed by atoms with van der Waals surface area (Å²) in [6, 6.07) is 5.80. The number of halogens is 1. The molecule has 1 heterocycles. The first kappa shape index (κ1) is 14.3. The van der Waals surface area contributed by atoms with Crippen LogP contribution in [0, 0.1) is 5.82 Å². The van der Waals surface area contributed by atoms with Gasteiger partial charge in [0.05, 0.1) is 0 Å². The number of nitrogens with one attached hydrogen (secondary N) is 2. The third-order valence-electron chi connectivity index (χ3n) is 2.19. The maximum atomic E-state index is 12.7. The number of carbonyl (C=O) groups is 1. The molecule has 2 aromatic rings. The van der Waals surface area contributed by atoms with Crippen molar-refractivity contribution >= 4 is 45.8 Å². The van der Waals surface area contributed by atoms with Crippen molar-refractivity contribution in [1.29, 1.82) is 0 Å².